The molecule has 1 heterocycles. The molecule has 16 heavy (non-hydrogen) atoms. The molecule has 0 saturated heterocycles. The minimum atomic E-state index is -0.113. The van der Waals surface area contributed by atoms with E-state index in [4.69, 9.17) is 9.15 Å². The van der Waals surface area contributed by atoms with Crippen molar-refractivity contribution < 1.29 is 13.9 Å². The van der Waals surface area contributed by atoms with Crippen molar-refractivity contribution in [3.63, 3.8) is 0 Å². The van der Waals surface area contributed by atoms with E-state index in [1.165, 1.54) is 0 Å². The van der Waals surface area contributed by atoms with Gasteiger partial charge in [0.25, 0.3) is 5.91 Å². The fraction of sp³-hybridized carbons (Fsp3) is 0.545. The molecule has 1 rings (SSSR count). The summed E-state index contributed by atoms with van der Waals surface area (Å²) in [5.74, 6) is 0.899. The standard InChI is InChI=1S/C11H18N2O3/c1-12-6-7-13(2)11(14)10-5-4-9(16-10)8-15-3/h4-5,12H,6-8H2,1-3H3. The first-order chi connectivity index (χ1) is 7.69. The Bertz CT molecular complexity index is 336. The number of hydrogen-bond donors (Lipinski definition) is 1. The van der Waals surface area contributed by atoms with Crippen molar-refractivity contribution in [2.75, 3.05) is 34.3 Å². The quantitative estimate of drug-likeness (QED) is 0.776. The molecule has 0 bridgehead atoms. The van der Waals surface area contributed by atoms with Crippen LogP contribution in [0.5, 0.6) is 0 Å². The lowest BCUT2D eigenvalue weighted by molar-refractivity contribution is 0.0757. The van der Waals surface area contributed by atoms with E-state index in [1.54, 1.807) is 31.2 Å². The molecule has 1 amide bonds. The number of methoxy groups -OCH3 is 1. The number of carbonyl (C=O) groups excluding carboxylic acids is 1. The minimum absolute atomic E-state index is 0.113. The summed E-state index contributed by atoms with van der Waals surface area (Å²) in [6, 6.07) is 3.43. The summed E-state index contributed by atoms with van der Waals surface area (Å²) in [7, 11) is 5.18. The molecule has 0 aliphatic heterocycles. The van der Waals surface area contributed by atoms with Gasteiger partial charge in [-0.25, -0.2) is 0 Å². The van der Waals surface area contributed by atoms with Gasteiger partial charge in [-0.1, -0.05) is 0 Å². The summed E-state index contributed by atoms with van der Waals surface area (Å²) < 4.78 is 10.3. The summed E-state index contributed by atoms with van der Waals surface area (Å²) in [5, 5.41) is 2.99. The molecule has 0 fully saturated rings. The van der Waals surface area contributed by atoms with Gasteiger partial charge in [0.05, 0.1) is 0 Å². The summed E-state index contributed by atoms with van der Waals surface area (Å²) >= 11 is 0. The highest BCUT2D eigenvalue weighted by Gasteiger charge is 2.15. The molecule has 1 aromatic heterocycles. The van der Waals surface area contributed by atoms with E-state index in [0.717, 1.165) is 6.54 Å². The number of carbonyl (C=O) groups is 1. The molecule has 0 spiro atoms. The average Bonchev–Trinajstić information content (AvgIpc) is 2.74. The van der Waals surface area contributed by atoms with Crippen molar-refractivity contribution in [1.82, 2.24) is 10.2 Å². The predicted octanol–water partition coefficient (Wildman–Crippen LogP) is 0.717. The molecule has 0 atom stereocenters. The van der Waals surface area contributed by atoms with Gasteiger partial charge in [-0.05, 0) is 19.2 Å². The molecule has 0 unspecified atom stereocenters. The van der Waals surface area contributed by atoms with Crippen molar-refractivity contribution in [3.05, 3.63) is 23.7 Å². The molecule has 5 nitrogen and oxygen atoms in total. The Morgan fingerprint density at radius 1 is 1.56 bits per heavy atom. The van der Waals surface area contributed by atoms with Crippen molar-refractivity contribution in [1.29, 1.82) is 0 Å². The summed E-state index contributed by atoms with van der Waals surface area (Å²) in [6.07, 6.45) is 0. The first kappa shape index (κ1) is 12.7. The minimum Gasteiger partial charge on any atom is -0.453 e. The number of nitrogens with one attached hydrogen (secondary N) is 1. The predicted molar refractivity (Wildman–Crippen MR) is 60.3 cm³/mol. The molecule has 0 radical (unpaired) electrons. The van der Waals surface area contributed by atoms with Gasteiger partial charge in [-0.15, -0.1) is 0 Å². The number of nitrogens with zero attached hydrogens (tertiary/aromatic N) is 1. The molecular formula is C11H18N2O3. The average molecular weight is 226 g/mol. The zero-order valence-corrected chi connectivity index (χ0v) is 9.95. The summed E-state index contributed by atoms with van der Waals surface area (Å²) in [4.78, 5) is 13.4. The van der Waals surface area contributed by atoms with E-state index in [2.05, 4.69) is 5.32 Å². The van der Waals surface area contributed by atoms with Crippen molar-refractivity contribution in [2.24, 2.45) is 0 Å². The molecule has 0 aromatic carbocycles. The van der Waals surface area contributed by atoms with E-state index in [-0.39, 0.29) is 5.91 Å². The zero-order chi connectivity index (χ0) is 12.0. The molecule has 0 aliphatic carbocycles. The Kier molecular flexibility index (Phi) is 5.01. The highest BCUT2D eigenvalue weighted by molar-refractivity contribution is 5.91. The highest BCUT2D eigenvalue weighted by Crippen LogP contribution is 2.10. The fourth-order valence-corrected chi connectivity index (χ4v) is 1.28. The lowest BCUT2D eigenvalue weighted by Gasteiger charge is -2.14. The van der Waals surface area contributed by atoms with Crippen LogP contribution in [0.2, 0.25) is 0 Å². The van der Waals surface area contributed by atoms with Crippen molar-refractivity contribution >= 4 is 5.91 Å². The third-order valence-corrected chi connectivity index (χ3v) is 2.20. The van der Waals surface area contributed by atoms with Crippen LogP contribution >= 0.6 is 0 Å². The number of likely N-dealkylation sites (N-methyl/N-ethyl adjacent to an activating group) is 2. The molecule has 5 heteroatoms. The first-order valence-corrected chi connectivity index (χ1v) is 5.16. The Balaban J connectivity index is 2.57. The topological polar surface area (TPSA) is 54.7 Å². The van der Waals surface area contributed by atoms with E-state index in [1.807, 2.05) is 7.05 Å². The molecule has 1 aromatic rings. The first-order valence-electron chi connectivity index (χ1n) is 5.16. The van der Waals surface area contributed by atoms with Gasteiger partial charge in [0.2, 0.25) is 0 Å². The van der Waals surface area contributed by atoms with Crippen LogP contribution in [0.25, 0.3) is 0 Å². The summed E-state index contributed by atoms with van der Waals surface area (Å²) in [5.41, 5.74) is 0. The monoisotopic (exact) mass is 226 g/mol. The Morgan fingerprint density at radius 2 is 2.31 bits per heavy atom. The Hall–Kier alpha value is -1.33. The molecule has 1 N–H and O–H groups in total. The summed E-state index contributed by atoms with van der Waals surface area (Å²) in [6.45, 7) is 1.79. The fourth-order valence-electron chi connectivity index (χ4n) is 1.28. The van der Waals surface area contributed by atoms with E-state index >= 15 is 0 Å². The third kappa shape index (κ3) is 3.36. The second-order valence-corrected chi connectivity index (χ2v) is 3.53. The van der Waals surface area contributed by atoms with Crippen LogP contribution in [0.15, 0.2) is 16.5 Å². The maximum Gasteiger partial charge on any atom is 0.289 e. The normalized spacial score (nSPS) is 10.4. The second-order valence-electron chi connectivity index (χ2n) is 3.53. The van der Waals surface area contributed by atoms with Crippen LogP contribution in [-0.2, 0) is 11.3 Å². The van der Waals surface area contributed by atoms with Gasteiger partial charge in [0.1, 0.15) is 12.4 Å². The van der Waals surface area contributed by atoms with Gasteiger partial charge in [-0.3, -0.25) is 4.79 Å². The number of rotatable bonds is 6. The lowest BCUT2D eigenvalue weighted by atomic mass is 10.4. The van der Waals surface area contributed by atoms with Crippen LogP contribution in [0.4, 0.5) is 0 Å². The maximum absolute atomic E-state index is 11.8. The number of furan rings is 1. The number of ether oxygens (including phenoxy) is 1. The zero-order valence-electron chi connectivity index (χ0n) is 9.95. The Labute approximate surface area is 95.4 Å². The number of amides is 1. The maximum atomic E-state index is 11.8. The van der Waals surface area contributed by atoms with Crippen molar-refractivity contribution in [3.8, 4) is 0 Å². The van der Waals surface area contributed by atoms with E-state index in [9.17, 15) is 4.79 Å². The van der Waals surface area contributed by atoms with Gasteiger partial charge in [0, 0.05) is 27.2 Å². The SMILES string of the molecule is CNCCN(C)C(=O)c1ccc(COC)o1. The van der Waals surface area contributed by atoms with Crippen LogP contribution in [0, 0.1) is 0 Å². The molecule has 90 valence electrons. The van der Waals surface area contributed by atoms with Crippen LogP contribution in [-0.4, -0.2) is 45.1 Å². The van der Waals surface area contributed by atoms with Crippen LogP contribution in [0.1, 0.15) is 16.3 Å². The van der Waals surface area contributed by atoms with Gasteiger partial charge < -0.3 is 19.4 Å². The van der Waals surface area contributed by atoms with Gasteiger partial charge >= 0.3 is 0 Å². The molecule has 0 aliphatic rings. The smallest absolute Gasteiger partial charge is 0.289 e. The van der Waals surface area contributed by atoms with E-state index < -0.39 is 0 Å². The van der Waals surface area contributed by atoms with Crippen LogP contribution in [0.3, 0.4) is 0 Å². The van der Waals surface area contributed by atoms with Crippen molar-refractivity contribution in [2.45, 2.75) is 6.61 Å². The lowest BCUT2D eigenvalue weighted by Crippen LogP contribution is -2.32. The van der Waals surface area contributed by atoms with E-state index in [0.29, 0.717) is 24.7 Å². The molecule has 0 saturated carbocycles. The highest BCUT2D eigenvalue weighted by atomic mass is 16.5. The second kappa shape index (κ2) is 6.30. The molecular weight excluding hydrogens is 208 g/mol. The van der Waals surface area contributed by atoms with Gasteiger partial charge in [0.15, 0.2) is 5.76 Å². The van der Waals surface area contributed by atoms with Gasteiger partial charge in [-0.2, -0.15) is 0 Å². The number of hydrogen-bond acceptors (Lipinski definition) is 4. The largest absolute Gasteiger partial charge is 0.453 e. The Morgan fingerprint density at radius 3 is 2.94 bits per heavy atom. The third-order valence-electron chi connectivity index (χ3n) is 2.20. The van der Waals surface area contributed by atoms with Crippen LogP contribution < -0.4 is 5.32 Å².